The number of aromatic amines is 1. The van der Waals surface area contributed by atoms with Crippen molar-refractivity contribution in [2.75, 3.05) is 7.05 Å². The lowest BCUT2D eigenvalue weighted by molar-refractivity contribution is 0.206. The first kappa shape index (κ1) is 8.21. The number of aromatic nitrogens is 4. The first-order valence-electron chi connectivity index (χ1n) is 3.51. The fourth-order valence-corrected chi connectivity index (χ4v) is 1.04. The fraction of sp³-hybridized carbons (Fsp3) is 0.167. The Hall–Kier alpha value is -1.40. The zero-order valence-electron chi connectivity index (χ0n) is 6.71. The first-order valence-corrected chi connectivity index (χ1v) is 3.89. The van der Waals surface area contributed by atoms with Gasteiger partial charge in [-0.25, -0.2) is 4.98 Å². The Morgan fingerprint density at radius 3 is 3.15 bits per heavy atom. The summed E-state index contributed by atoms with van der Waals surface area (Å²) < 4.78 is 0. The van der Waals surface area contributed by atoms with Crippen LogP contribution in [0.2, 0.25) is 5.28 Å². The first-order chi connectivity index (χ1) is 6.29. The molecule has 0 radical (unpaired) electrons. The van der Waals surface area contributed by atoms with Gasteiger partial charge < -0.3 is 9.82 Å². The number of rotatable bonds is 2. The zero-order chi connectivity index (χ0) is 9.26. The van der Waals surface area contributed by atoms with Gasteiger partial charge in [0.15, 0.2) is 5.65 Å². The predicted octanol–water partition coefficient (Wildman–Crippen LogP) is 0.520. The number of hydrogen-bond acceptors (Lipinski definition) is 5. The fourth-order valence-electron chi connectivity index (χ4n) is 0.910. The molecule has 13 heavy (non-hydrogen) atoms. The molecule has 6 nitrogen and oxygen atoms in total. The highest BCUT2D eigenvalue weighted by atomic mass is 35.5. The molecule has 2 heterocycles. The Morgan fingerprint density at radius 2 is 2.38 bits per heavy atom. The van der Waals surface area contributed by atoms with Gasteiger partial charge in [-0.1, -0.05) is 0 Å². The molecule has 0 aromatic carbocycles. The van der Waals surface area contributed by atoms with Crippen LogP contribution >= 0.6 is 11.6 Å². The van der Waals surface area contributed by atoms with Gasteiger partial charge in [-0.3, -0.25) is 0 Å². The number of fused-ring (bicyclic) bond motifs is 1. The molecule has 0 saturated heterocycles. The van der Waals surface area contributed by atoms with Crippen LogP contribution in [0, 0.1) is 0 Å². The molecule has 0 atom stereocenters. The van der Waals surface area contributed by atoms with Gasteiger partial charge in [-0.15, -0.1) is 0 Å². The minimum Gasteiger partial charge on any atom is -0.370 e. The monoisotopic (exact) mass is 199 g/mol. The second-order valence-electron chi connectivity index (χ2n) is 2.22. The summed E-state index contributed by atoms with van der Waals surface area (Å²) in [6.45, 7) is 0. The van der Waals surface area contributed by atoms with Gasteiger partial charge in [0, 0.05) is 7.05 Å². The summed E-state index contributed by atoms with van der Waals surface area (Å²) in [5, 5.41) is 0.162. The largest absolute Gasteiger partial charge is 0.370 e. The minimum atomic E-state index is 0.162. The lowest BCUT2D eigenvalue weighted by Gasteiger charge is -1.93. The smallest absolute Gasteiger partial charge is 0.316 e. The summed E-state index contributed by atoms with van der Waals surface area (Å²) in [5.41, 5.74) is 3.64. The van der Waals surface area contributed by atoms with E-state index in [-0.39, 0.29) is 5.28 Å². The van der Waals surface area contributed by atoms with Crippen LogP contribution in [0.1, 0.15) is 0 Å². The summed E-state index contributed by atoms with van der Waals surface area (Å²) in [7, 11) is 1.63. The van der Waals surface area contributed by atoms with Crippen molar-refractivity contribution in [3.63, 3.8) is 0 Å². The number of hydroxylamine groups is 1. The average molecular weight is 200 g/mol. The molecular formula is C6H6ClN5O. The van der Waals surface area contributed by atoms with Gasteiger partial charge in [-0.05, 0) is 11.6 Å². The molecule has 68 valence electrons. The third-order valence-electron chi connectivity index (χ3n) is 1.39. The number of nitrogens with one attached hydrogen (secondary N) is 2. The molecule has 2 aromatic heterocycles. The number of imidazole rings is 1. The Bertz CT molecular complexity index is 428. The summed E-state index contributed by atoms with van der Waals surface area (Å²) >= 11 is 5.57. The van der Waals surface area contributed by atoms with Gasteiger partial charge in [-0.2, -0.15) is 15.4 Å². The lowest BCUT2D eigenvalue weighted by atomic mass is 10.6. The van der Waals surface area contributed by atoms with Crippen molar-refractivity contribution >= 4 is 22.8 Å². The SMILES string of the molecule is CNOc1nc2nc(Cl)ncc2[nH]1. The van der Waals surface area contributed by atoms with Crippen LogP contribution in [0.4, 0.5) is 0 Å². The normalized spacial score (nSPS) is 10.6. The van der Waals surface area contributed by atoms with Crippen LogP contribution in [-0.2, 0) is 0 Å². The Labute approximate surface area is 78.3 Å². The maximum Gasteiger partial charge on any atom is 0.316 e. The second-order valence-corrected chi connectivity index (χ2v) is 2.56. The third-order valence-corrected chi connectivity index (χ3v) is 1.57. The van der Waals surface area contributed by atoms with E-state index in [1.54, 1.807) is 13.2 Å². The maximum absolute atomic E-state index is 5.57. The van der Waals surface area contributed by atoms with Crippen LogP contribution in [0.3, 0.4) is 0 Å². The van der Waals surface area contributed by atoms with E-state index in [0.717, 1.165) is 0 Å². The highest BCUT2D eigenvalue weighted by Gasteiger charge is 2.05. The minimum absolute atomic E-state index is 0.162. The van der Waals surface area contributed by atoms with E-state index >= 15 is 0 Å². The van der Waals surface area contributed by atoms with Gasteiger partial charge in [0.05, 0.1) is 6.20 Å². The molecule has 2 N–H and O–H groups in total. The Kier molecular flexibility index (Phi) is 1.99. The molecule has 0 aliphatic carbocycles. The van der Waals surface area contributed by atoms with Crippen molar-refractivity contribution in [2.24, 2.45) is 0 Å². The molecule has 7 heteroatoms. The van der Waals surface area contributed by atoms with E-state index in [0.29, 0.717) is 17.2 Å². The molecule has 0 amide bonds. The van der Waals surface area contributed by atoms with E-state index in [1.165, 1.54) is 0 Å². The van der Waals surface area contributed by atoms with Crippen LogP contribution in [0.25, 0.3) is 11.2 Å². The number of nitrogens with zero attached hydrogens (tertiary/aromatic N) is 3. The summed E-state index contributed by atoms with van der Waals surface area (Å²) in [5.74, 6) is 0. The van der Waals surface area contributed by atoms with Crippen molar-refractivity contribution in [3.8, 4) is 6.01 Å². The van der Waals surface area contributed by atoms with Crippen molar-refractivity contribution in [3.05, 3.63) is 11.5 Å². The third kappa shape index (κ3) is 1.53. The van der Waals surface area contributed by atoms with E-state index in [4.69, 9.17) is 16.4 Å². The van der Waals surface area contributed by atoms with Crippen molar-refractivity contribution in [1.29, 1.82) is 0 Å². The number of halogens is 1. The quantitative estimate of drug-likeness (QED) is 0.545. The highest BCUT2D eigenvalue weighted by molar-refractivity contribution is 6.28. The highest BCUT2D eigenvalue weighted by Crippen LogP contribution is 2.13. The molecule has 0 spiro atoms. The summed E-state index contributed by atoms with van der Waals surface area (Å²) in [4.78, 5) is 19.4. The Morgan fingerprint density at radius 1 is 1.54 bits per heavy atom. The molecule has 2 rings (SSSR count). The molecular weight excluding hydrogens is 194 g/mol. The van der Waals surface area contributed by atoms with Crippen LogP contribution < -0.4 is 10.3 Å². The molecule has 0 saturated carbocycles. The topological polar surface area (TPSA) is 75.7 Å². The lowest BCUT2D eigenvalue weighted by Crippen LogP contribution is -2.11. The van der Waals surface area contributed by atoms with Crippen LogP contribution in [0.5, 0.6) is 6.01 Å². The van der Waals surface area contributed by atoms with Gasteiger partial charge in [0.1, 0.15) is 5.52 Å². The predicted molar refractivity (Wildman–Crippen MR) is 46.4 cm³/mol. The number of H-pyrrole nitrogens is 1. The summed E-state index contributed by atoms with van der Waals surface area (Å²) in [6.07, 6.45) is 1.54. The van der Waals surface area contributed by atoms with E-state index in [2.05, 4.69) is 25.4 Å². The molecule has 0 bridgehead atoms. The molecule has 0 aliphatic rings. The zero-order valence-corrected chi connectivity index (χ0v) is 7.46. The average Bonchev–Trinajstić information content (AvgIpc) is 2.46. The van der Waals surface area contributed by atoms with Gasteiger partial charge in [0.2, 0.25) is 5.28 Å². The molecule has 0 unspecified atom stereocenters. The van der Waals surface area contributed by atoms with Gasteiger partial charge >= 0.3 is 6.01 Å². The van der Waals surface area contributed by atoms with E-state index in [9.17, 15) is 0 Å². The van der Waals surface area contributed by atoms with E-state index in [1.807, 2.05) is 0 Å². The molecule has 2 aromatic rings. The number of hydrogen-bond donors (Lipinski definition) is 2. The van der Waals surface area contributed by atoms with Gasteiger partial charge in [0.25, 0.3) is 0 Å². The standard InChI is InChI=1S/C6H6ClN5O/c1-8-13-6-10-3-2-9-5(7)11-4(3)12-6/h2,8H,1H3,(H,9,10,11,12). The van der Waals surface area contributed by atoms with E-state index < -0.39 is 0 Å². The van der Waals surface area contributed by atoms with Crippen LogP contribution in [-0.4, -0.2) is 27.0 Å². The van der Waals surface area contributed by atoms with Crippen molar-refractivity contribution in [2.45, 2.75) is 0 Å². The van der Waals surface area contributed by atoms with Crippen molar-refractivity contribution < 1.29 is 4.84 Å². The molecule has 0 aliphatic heterocycles. The molecule has 0 fully saturated rings. The van der Waals surface area contributed by atoms with Crippen LogP contribution in [0.15, 0.2) is 6.20 Å². The second kappa shape index (κ2) is 3.15. The Balaban J connectivity index is 2.49. The maximum atomic E-state index is 5.57. The van der Waals surface area contributed by atoms with Crippen molar-refractivity contribution in [1.82, 2.24) is 25.4 Å². The summed E-state index contributed by atoms with van der Waals surface area (Å²) in [6, 6.07) is 0.328.